The number of nitrogens with zero attached hydrogens (tertiary/aromatic N) is 1. The highest BCUT2D eigenvalue weighted by atomic mass is 79.9. The number of nitro groups is 1. The van der Waals surface area contributed by atoms with Crippen molar-refractivity contribution in [3.05, 3.63) is 62.4 Å². The zero-order chi connectivity index (χ0) is 15.6. The van der Waals surface area contributed by atoms with Gasteiger partial charge in [0.25, 0.3) is 5.69 Å². The van der Waals surface area contributed by atoms with Crippen LogP contribution in [0.5, 0.6) is 5.75 Å². The first-order chi connectivity index (χ1) is 9.88. The van der Waals surface area contributed by atoms with Crippen LogP contribution in [0, 0.1) is 15.9 Å². The molecule has 2 N–H and O–H groups in total. The van der Waals surface area contributed by atoms with E-state index in [1.54, 1.807) is 19.1 Å². The average molecular weight is 355 g/mol. The summed E-state index contributed by atoms with van der Waals surface area (Å²) in [6.07, 6.45) is 0. The fourth-order valence-electron chi connectivity index (χ4n) is 1.96. The number of hydrogen-bond donors (Lipinski definition) is 2. The molecule has 0 saturated carbocycles. The Balaban J connectivity index is 2.33. The van der Waals surface area contributed by atoms with Gasteiger partial charge in [-0.25, -0.2) is 4.39 Å². The van der Waals surface area contributed by atoms with Gasteiger partial charge in [-0.15, -0.1) is 0 Å². The molecule has 7 heteroatoms. The molecule has 2 aromatic carbocycles. The van der Waals surface area contributed by atoms with Crippen LogP contribution < -0.4 is 5.32 Å². The number of aromatic hydroxyl groups is 1. The van der Waals surface area contributed by atoms with E-state index in [0.29, 0.717) is 15.7 Å². The van der Waals surface area contributed by atoms with Gasteiger partial charge in [0, 0.05) is 16.1 Å². The fourth-order valence-corrected chi connectivity index (χ4v) is 2.31. The second-order valence-corrected chi connectivity index (χ2v) is 5.40. The van der Waals surface area contributed by atoms with Crippen LogP contribution in [-0.2, 0) is 0 Å². The van der Waals surface area contributed by atoms with Gasteiger partial charge in [0.05, 0.1) is 11.0 Å². The molecular weight excluding hydrogens is 343 g/mol. The fraction of sp³-hybridized carbons (Fsp3) is 0.143. The van der Waals surface area contributed by atoms with E-state index in [1.807, 2.05) is 0 Å². The normalized spacial score (nSPS) is 12.0. The van der Waals surface area contributed by atoms with Gasteiger partial charge in [0.2, 0.25) is 0 Å². The third-order valence-electron chi connectivity index (χ3n) is 2.98. The predicted molar refractivity (Wildman–Crippen MR) is 80.9 cm³/mol. The van der Waals surface area contributed by atoms with Crippen LogP contribution in [0.25, 0.3) is 0 Å². The molecule has 0 aliphatic heterocycles. The van der Waals surface area contributed by atoms with Crippen LogP contribution in [-0.4, -0.2) is 10.0 Å². The second kappa shape index (κ2) is 6.09. The lowest BCUT2D eigenvalue weighted by atomic mass is 10.1. The molecule has 0 fully saturated rings. The minimum Gasteiger partial charge on any atom is -0.508 e. The maximum atomic E-state index is 13.3. The Hall–Kier alpha value is -2.15. The van der Waals surface area contributed by atoms with Crippen molar-refractivity contribution in [1.82, 2.24) is 0 Å². The minimum atomic E-state index is -0.509. The number of nitrogens with one attached hydrogen (secondary N) is 1. The quantitative estimate of drug-likeness (QED) is 0.631. The summed E-state index contributed by atoms with van der Waals surface area (Å²) in [6, 6.07) is 7.67. The Morgan fingerprint density at radius 2 is 2.05 bits per heavy atom. The van der Waals surface area contributed by atoms with Crippen LogP contribution >= 0.6 is 15.9 Å². The molecule has 0 spiro atoms. The van der Waals surface area contributed by atoms with Gasteiger partial charge >= 0.3 is 0 Å². The van der Waals surface area contributed by atoms with E-state index in [0.717, 1.165) is 6.07 Å². The summed E-state index contributed by atoms with van der Waals surface area (Å²) in [5.41, 5.74) is 0.513. The van der Waals surface area contributed by atoms with E-state index in [4.69, 9.17) is 0 Å². The number of phenols is 1. The average Bonchev–Trinajstić information content (AvgIpc) is 2.43. The van der Waals surface area contributed by atoms with Gasteiger partial charge in [0.15, 0.2) is 0 Å². The van der Waals surface area contributed by atoms with Crippen molar-refractivity contribution in [2.75, 3.05) is 5.32 Å². The van der Waals surface area contributed by atoms with Gasteiger partial charge in [-0.3, -0.25) is 10.1 Å². The Bertz CT molecular complexity index is 694. The largest absolute Gasteiger partial charge is 0.508 e. The number of nitro benzene ring substituents is 1. The Labute approximate surface area is 128 Å². The number of anilines is 1. The lowest BCUT2D eigenvalue weighted by molar-refractivity contribution is -0.384. The molecule has 1 atom stereocenters. The van der Waals surface area contributed by atoms with E-state index in [9.17, 15) is 19.6 Å². The highest BCUT2D eigenvalue weighted by molar-refractivity contribution is 9.10. The first-order valence-electron chi connectivity index (χ1n) is 6.07. The van der Waals surface area contributed by atoms with Crippen molar-refractivity contribution in [2.24, 2.45) is 0 Å². The molecule has 0 aliphatic carbocycles. The molecule has 110 valence electrons. The maximum Gasteiger partial charge on any atom is 0.293 e. The van der Waals surface area contributed by atoms with Crippen molar-refractivity contribution in [1.29, 1.82) is 0 Å². The third-order valence-corrected chi connectivity index (χ3v) is 3.48. The van der Waals surface area contributed by atoms with Gasteiger partial charge in [-0.1, -0.05) is 15.9 Å². The van der Waals surface area contributed by atoms with Crippen LogP contribution in [0.15, 0.2) is 40.9 Å². The summed E-state index contributed by atoms with van der Waals surface area (Å²) in [5.74, 6) is -0.557. The Morgan fingerprint density at radius 3 is 2.71 bits per heavy atom. The summed E-state index contributed by atoms with van der Waals surface area (Å²) >= 11 is 3.18. The van der Waals surface area contributed by atoms with Crippen molar-refractivity contribution in [3.8, 4) is 5.75 Å². The predicted octanol–water partition coefficient (Wildman–Crippen LogP) is 4.38. The molecule has 2 rings (SSSR count). The number of halogens is 2. The molecule has 0 aliphatic rings. The summed E-state index contributed by atoms with van der Waals surface area (Å²) in [7, 11) is 0. The smallest absolute Gasteiger partial charge is 0.293 e. The molecule has 0 radical (unpaired) electrons. The lowest BCUT2D eigenvalue weighted by Gasteiger charge is -2.17. The lowest BCUT2D eigenvalue weighted by Crippen LogP contribution is -2.09. The van der Waals surface area contributed by atoms with Crippen molar-refractivity contribution in [3.63, 3.8) is 0 Å². The molecular formula is C14H12BrFN2O3. The van der Waals surface area contributed by atoms with Crippen molar-refractivity contribution >= 4 is 27.3 Å². The first-order valence-corrected chi connectivity index (χ1v) is 6.86. The minimum absolute atomic E-state index is 0.0730. The second-order valence-electron chi connectivity index (χ2n) is 4.49. The van der Waals surface area contributed by atoms with E-state index in [1.165, 1.54) is 18.2 Å². The Kier molecular flexibility index (Phi) is 4.42. The zero-order valence-corrected chi connectivity index (χ0v) is 12.6. The van der Waals surface area contributed by atoms with E-state index in [2.05, 4.69) is 21.2 Å². The van der Waals surface area contributed by atoms with Gasteiger partial charge < -0.3 is 10.4 Å². The van der Waals surface area contributed by atoms with Gasteiger partial charge in [-0.2, -0.15) is 0 Å². The molecule has 5 nitrogen and oxygen atoms in total. The highest BCUT2D eigenvalue weighted by Gasteiger charge is 2.18. The molecule has 2 aromatic rings. The number of benzene rings is 2. The topological polar surface area (TPSA) is 75.4 Å². The monoisotopic (exact) mass is 354 g/mol. The highest BCUT2D eigenvalue weighted by Crippen LogP contribution is 2.33. The van der Waals surface area contributed by atoms with Crippen molar-refractivity contribution < 1.29 is 14.4 Å². The summed E-state index contributed by atoms with van der Waals surface area (Å²) in [4.78, 5) is 10.5. The summed E-state index contributed by atoms with van der Waals surface area (Å²) in [6.45, 7) is 1.68. The molecule has 0 bridgehead atoms. The van der Waals surface area contributed by atoms with Crippen LogP contribution in [0.3, 0.4) is 0 Å². The third kappa shape index (κ3) is 3.49. The number of phenolic OH excluding ortho intramolecular Hbond substituents is 1. The zero-order valence-electron chi connectivity index (χ0n) is 11.0. The van der Waals surface area contributed by atoms with Crippen LogP contribution in [0.1, 0.15) is 18.5 Å². The molecule has 1 unspecified atom stereocenters. The number of hydrogen-bond acceptors (Lipinski definition) is 4. The van der Waals surface area contributed by atoms with Gasteiger partial charge in [0.1, 0.15) is 17.3 Å². The van der Waals surface area contributed by atoms with Crippen LogP contribution in [0.4, 0.5) is 15.8 Å². The standard InChI is InChI=1S/C14H12BrFN2O3/c1-8(11-7-10(16)3-5-14(11)19)17-12-4-2-9(15)6-13(12)18(20)21/h2-8,17,19H,1H3. The summed E-state index contributed by atoms with van der Waals surface area (Å²) in [5, 5.41) is 23.7. The van der Waals surface area contributed by atoms with E-state index < -0.39 is 16.8 Å². The van der Waals surface area contributed by atoms with E-state index in [-0.39, 0.29) is 11.4 Å². The molecule has 0 amide bonds. The molecule has 0 saturated heterocycles. The maximum absolute atomic E-state index is 13.3. The van der Waals surface area contributed by atoms with Crippen LogP contribution in [0.2, 0.25) is 0 Å². The molecule has 21 heavy (non-hydrogen) atoms. The van der Waals surface area contributed by atoms with E-state index >= 15 is 0 Å². The van der Waals surface area contributed by atoms with Gasteiger partial charge in [-0.05, 0) is 37.3 Å². The summed E-state index contributed by atoms with van der Waals surface area (Å²) < 4.78 is 13.8. The first kappa shape index (κ1) is 15.2. The Morgan fingerprint density at radius 1 is 1.33 bits per heavy atom. The van der Waals surface area contributed by atoms with Crippen molar-refractivity contribution in [2.45, 2.75) is 13.0 Å². The SMILES string of the molecule is CC(Nc1ccc(Br)cc1[N+](=O)[O-])c1cc(F)ccc1O. The number of rotatable bonds is 4. The molecule has 0 heterocycles. The molecule has 0 aromatic heterocycles.